The second-order valence-electron chi connectivity index (χ2n) is 7.45. The predicted molar refractivity (Wildman–Crippen MR) is 107 cm³/mol. The van der Waals surface area contributed by atoms with Gasteiger partial charge in [0.2, 0.25) is 0 Å². The summed E-state index contributed by atoms with van der Waals surface area (Å²) >= 11 is 0. The van der Waals surface area contributed by atoms with Gasteiger partial charge in [-0.15, -0.1) is 13.2 Å². The molecule has 0 aliphatic heterocycles. The SMILES string of the molecule is CC(O)C(CC(=O)c1cc(-c2ccc(OC(F)(F)F)cc2)nc(-c2cnn(C)c2)n1)C(F)(F)F. The molecule has 182 valence electrons. The molecule has 0 saturated heterocycles. The lowest BCUT2D eigenvalue weighted by Gasteiger charge is -2.22. The molecule has 3 rings (SSSR count). The van der Waals surface area contributed by atoms with Gasteiger partial charge in [-0.2, -0.15) is 18.3 Å². The molecule has 13 heteroatoms. The lowest BCUT2D eigenvalue weighted by Crippen LogP contribution is -2.34. The quantitative estimate of drug-likeness (QED) is 0.387. The van der Waals surface area contributed by atoms with E-state index in [0.29, 0.717) is 5.56 Å². The summed E-state index contributed by atoms with van der Waals surface area (Å²) in [7, 11) is 1.61. The molecule has 2 aromatic heterocycles. The molecule has 0 aliphatic carbocycles. The fraction of sp³-hybridized carbons (Fsp3) is 0.333. The maximum atomic E-state index is 13.2. The number of nitrogens with zero attached hydrogens (tertiary/aromatic N) is 4. The van der Waals surface area contributed by atoms with E-state index in [1.54, 1.807) is 7.05 Å². The van der Waals surface area contributed by atoms with Crippen molar-refractivity contribution < 1.29 is 41.0 Å². The summed E-state index contributed by atoms with van der Waals surface area (Å²) in [4.78, 5) is 21.1. The molecule has 2 atom stereocenters. The summed E-state index contributed by atoms with van der Waals surface area (Å²) in [6.07, 6.45) is -9.70. The standard InChI is InChI=1S/C21H18F6N4O3/c1-11(32)15(20(22,23)24)7-18(33)17-8-16(29-19(30-17)13-9-28-31(2)10-13)12-3-5-14(6-4-12)34-21(25,26)27/h3-6,8-11,15,32H,7H2,1-2H3. The number of carbonyl (C=O) groups is 1. The van der Waals surface area contributed by atoms with Crippen LogP contribution in [0.5, 0.6) is 5.75 Å². The Bertz CT molecular complexity index is 1160. The second-order valence-corrected chi connectivity index (χ2v) is 7.45. The molecule has 0 bridgehead atoms. The van der Waals surface area contributed by atoms with Crippen molar-refractivity contribution in [3.63, 3.8) is 0 Å². The van der Waals surface area contributed by atoms with Gasteiger partial charge in [-0.05, 0) is 37.3 Å². The molecule has 0 saturated carbocycles. The first-order valence-electron chi connectivity index (χ1n) is 9.75. The minimum atomic E-state index is -4.89. The lowest BCUT2D eigenvalue weighted by atomic mass is 9.95. The third-order valence-electron chi connectivity index (χ3n) is 4.77. The minimum absolute atomic E-state index is 0.0230. The number of aliphatic hydroxyl groups is 1. The third-order valence-corrected chi connectivity index (χ3v) is 4.77. The van der Waals surface area contributed by atoms with E-state index in [1.165, 1.54) is 29.2 Å². The predicted octanol–water partition coefficient (Wildman–Crippen LogP) is 4.57. The highest BCUT2D eigenvalue weighted by atomic mass is 19.4. The normalized spacial score (nSPS) is 14.0. The number of hydrogen-bond donors (Lipinski definition) is 1. The highest BCUT2D eigenvalue weighted by molar-refractivity contribution is 5.95. The molecule has 1 N–H and O–H groups in total. The topological polar surface area (TPSA) is 90.1 Å². The molecule has 1 aromatic carbocycles. The number of ketones is 1. The van der Waals surface area contributed by atoms with Gasteiger partial charge in [-0.1, -0.05) is 0 Å². The van der Waals surface area contributed by atoms with Gasteiger partial charge in [-0.3, -0.25) is 9.48 Å². The van der Waals surface area contributed by atoms with Crippen molar-refractivity contribution in [3.05, 3.63) is 48.4 Å². The van der Waals surface area contributed by atoms with Crippen LogP contribution in [0.3, 0.4) is 0 Å². The van der Waals surface area contributed by atoms with E-state index in [9.17, 15) is 36.2 Å². The summed E-state index contributed by atoms with van der Waals surface area (Å²) in [5.74, 6) is -3.81. The molecule has 0 radical (unpaired) electrons. The number of aryl methyl sites for hydroxylation is 1. The van der Waals surface area contributed by atoms with Gasteiger partial charge in [0.1, 0.15) is 11.4 Å². The smallest absolute Gasteiger partial charge is 0.406 e. The molecule has 3 aromatic rings. The first-order valence-corrected chi connectivity index (χ1v) is 9.75. The van der Waals surface area contributed by atoms with Crippen LogP contribution in [0, 0.1) is 5.92 Å². The first-order chi connectivity index (χ1) is 15.7. The van der Waals surface area contributed by atoms with Crippen LogP contribution in [0.4, 0.5) is 26.3 Å². The Morgan fingerprint density at radius 1 is 1.09 bits per heavy atom. The number of Topliss-reactive ketones (excluding diaryl/α,β-unsaturated/α-hetero) is 1. The maximum Gasteiger partial charge on any atom is 0.573 e. The van der Waals surface area contributed by atoms with Crippen LogP contribution in [0.25, 0.3) is 22.6 Å². The van der Waals surface area contributed by atoms with Crippen LogP contribution in [0.15, 0.2) is 42.7 Å². The Balaban J connectivity index is 2.02. The summed E-state index contributed by atoms with van der Waals surface area (Å²) in [6, 6.07) is 5.70. The third kappa shape index (κ3) is 6.31. The zero-order chi connectivity index (χ0) is 25.3. The van der Waals surface area contributed by atoms with Gasteiger partial charge in [-0.25, -0.2) is 9.97 Å². The summed E-state index contributed by atoms with van der Waals surface area (Å²) in [5.41, 5.74) is 0.350. The molecule has 0 amide bonds. The van der Waals surface area contributed by atoms with Crippen LogP contribution >= 0.6 is 0 Å². The summed E-state index contributed by atoms with van der Waals surface area (Å²) in [6.45, 7) is 0.933. The van der Waals surface area contributed by atoms with Crippen molar-refractivity contribution in [1.29, 1.82) is 0 Å². The number of carbonyl (C=O) groups excluding carboxylic acids is 1. The number of benzene rings is 1. The molecule has 2 unspecified atom stereocenters. The molecule has 34 heavy (non-hydrogen) atoms. The number of rotatable bonds is 7. The van der Waals surface area contributed by atoms with Crippen LogP contribution in [-0.4, -0.2) is 49.3 Å². The molecule has 0 fully saturated rings. The van der Waals surface area contributed by atoms with Gasteiger partial charge in [0, 0.05) is 25.2 Å². The number of aliphatic hydroxyl groups excluding tert-OH is 1. The molecular weight excluding hydrogens is 470 g/mol. The molecule has 0 aliphatic rings. The highest BCUT2D eigenvalue weighted by Gasteiger charge is 2.44. The largest absolute Gasteiger partial charge is 0.573 e. The van der Waals surface area contributed by atoms with Gasteiger partial charge in [0.25, 0.3) is 0 Å². The Kier molecular flexibility index (Phi) is 6.96. The van der Waals surface area contributed by atoms with E-state index in [0.717, 1.165) is 25.1 Å². The fourth-order valence-corrected chi connectivity index (χ4v) is 3.10. The van der Waals surface area contributed by atoms with Crippen molar-refractivity contribution in [2.24, 2.45) is 13.0 Å². The number of halogens is 6. The minimum Gasteiger partial charge on any atom is -0.406 e. The van der Waals surface area contributed by atoms with E-state index in [1.807, 2.05) is 0 Å². The van der Waals surface area contributed by atoms with Crippen molar-refractivity contribution in [1.82, 2.24) is 19.7 Å². The first kappa shape index (κ1) is 25.1. The zero-order valence-corrected chi connectivity index (χ0v) is 17.7. The van der Waals surface area contributed by atoms with Crippen LogP contribution in [0.2, 0.25) is 0 Å². The lowest BCUT2D eigenvalue weighted by molar-refractivity contribution is -0.274. The monoisotopic (exact) mass is 488 g/mol. The Morgan fingerprint density at radius 3 is 2.24 bits per heavy atom. The maximum absolute atomic E-state index is 13.2. The van der Waals surface area contributed by atoms with Crippen LogP contribution in [0.1, 0.15) is 23.8 Å². The average Bonchev–Trinajstić information content (AvgIpc) is 3.16. The van der Waals surface area contributed by atoms with Crippen LogP contribution in [-0.2, 0) is 7.05 Å². The van der Waals surface area contributed by atoms with E-state index in [4.69, 9.17) is 0 Å². The Labute approximate surface area is 189 Å². The highest BCUT2D eigenvalue weighted by Crippen LogP contribution is 2.33. The van der Waals surface area contributed by atoms with Crippen molar-refractivity contribution in [3.8, 4) is 28.4 Å². The number of ether oxygens (including phenoxy) is 1. The summed E-state index contributed by atoms with van der Waals surface area (Å²) < 4.78 is 82.2. The molecule has 2 heterocycles. The van der Waals surface area contributed by atoms with E-state index < -0.39 is 42.5 Å². The van der Waals surface area contributed by atoms with E-state index in [2.05, 4.69) is 19.8 Å². The van der Waals surface area contributed by atoms with Crippen molar-refractivity contribution in [2.75, 3.05) is 0 Å². The van der Waals surface area contributed by atoms with Gasteiger partial charge < -0.3 is 9.84 Å². The molecular formula is C21H18F6N4O3. The number of aromatic nitrogens is 4. The number of hydrogen-bond acceptors (Lipinski definition) is 6. The van der Waals surface area contributed by atoms with Crippen LogP contribution < -0.4 is 4.74 Å². The van der Waals surface area contributed by atoms with Gasteiger partial charge in [0.05, 0.1) is 29.5 Å². The Morgan fingerprint density at radius 2 is 1.74 bits per heavy atom. The van der Waals surface area contributed by atoms with Crippen molar-refractivity contribution in [2.45, 2.75) is 32.0 Å². The van der Waals surface area contributed by atoms with E-state index >= 15 is 0 Å². The second kappa shape index (κ2) is 9.41. The zero-order valence-electron chi connectivity index (χ0n) is 17.7. The average molecular weight is 488 g/mol. The van der Waals surface area contributed by atoms with E-state index in [-0.39, 0.29) is 22.8 Å². The fourth-order valence-electron chi connectivity index (χ4n) is 3.10. The molecule has 7 nitrogen and oxygen atoms in total. The molecule has 0 spiro atoms. The van der Waals surface area contributed by atoms with Gasteiger partial charge >= 0.3 is 12.5 Å². The van der Waals surface area contributed by atoms with Crippen molar-refractivity contribution >= 4 is 5.78 Å². The Hall–Kier alpha value is -3.48. The number of alkyl halides is 6. The summed E-state index contributed by atoms with van der Waals surface area (Å²) in [5, 5.41) is 13.5. The van der Waals surface area contributed by atoms with Gasteiger partial charge in [0.15, 0.2) is 11.6 Å².